The molecule has 0 aliphatic rings. The van der Waals surface area contributed by atoms with E-state index in [2.05, 4.69) is 0 Å². The van der Waals surface area contributed by atoms with Crippen molar-refractivity contribution in [3.8, 4) is 0 Å². The van der Waals surface area contributed by atoms with E-state index >= 15 is 0 Å². The largest absolute Gasteiger partial charge is 0.469 e. The third-order valence-electron chi connectivity index (χ3n) is 2.58. The summed E-state index contributed by atoms with van der Waals surface area (Å²) in [4.78, 5) is 0. The molecule has 2 N–H and O–H groups in total. The highest BCUT2D eigenvalue weighted by molar-refractivity contribution is 6.31. The van der Waals surface area contributed by atoms with Gasteiger partial charge in [0.25, 0.3) is 0 Å². The Morgan fingerprint density at radius 3 is 2.75 bits per heavy atom. The monoisotopic (exact) mass is 235 g/mol. The maximum Gasteiger partial charge on any atom is 0.101 e. The molecule has 0 aliphatic carbocycles. The van der Waals surface area contributed by atoms with Crippen LogP contribution in [0.2, 0.25) is 5.02 Å². The first-order valence-electron chi connectivity index (χ1n) is 5.21. The van der Waals surface area contributed by atoms with E-state index in [9.17, 15) is 0 Å². The van der Waals surface area contributed by atoms with E-state index in [-0.39, 0.29) is 6.04 Å². The lowest BCUT2D eigenvalue weighted by molar-refractivity contribution is 0.528. The van der Waals surface area contributed by atoms with Gasteiger partial charge in [-0.1, -0.05) is 29.8 Å². The molecule has 0 aliphatic heterocycles. The van der Waals surface area contributed by atoms with Crippen molar-refractivity contribution < 1.29 is 4.42 Å². The molecule has 0 saturated heterocycles. The summed E-state index contributed by atoms with van der Waals surface area (Å²) in [5.74, 6) is 0.879. The molecule has 3 heteroatoms. The highest BCUT2D eigenvalue weighted by atomic mass is 35.5. The van der Waals surface area contributed by atoms with Crippen LogP contribution in [0.3, 0.4) is 0 Å². The van der Waals surface area contributed by atoms with Gasteiger partial charge in [-0.3, -0.25) is 0 Å². The van der Waals surface area contributed by atoms with E-state index in [1.807, 2.05) is 37.3 Å². The number of hydrogen-bond donors (Lipinski definition) is 1. The first-order chi connectivity index (χ1) is 7.66. The van der Waals surface area contributed by atoms with Crippen LogP contribution in [0.5, 0.6) is 0 Å². The van der Waals surface area contributed by atoms with Gasteiger partial charge in [-0.2, -0.15) is 0 Å². The van der Waals surface area contributed by atoms with Crippen molar-refractivity contribution >= 4 is 11.6 Å². The lowest BCUT2D eigenvalue weighted by atomic mass is 10.0. The molecule has 0 bridgehead atoms. The second-order valence-corrected chi connectivity index (χ2v) is 4.30. The number of hydrogen-bond acceptors (Lipinski definition) is 2. The minimum Gasteiger partial charge on any atom is -0.469 e. The molecule has 84 valence electrons. The first kappa shape index (κ1) is 11.2. The van der Waals surface area contributed by atoms with Gasteiger partial charge in [0.05, 0.1) is 6.26 Å². The van der Waals surface area contributed by atoms with Crippen LogP contribution in [0.1, 0.15) is 22.9 Å². The first-order valence-corrected chi connectivity index (χ1v) is 5.58. The molecular formula is C13H14ClNO. The van der Waals surface area contributed by atoms with E-state index in [0.717, 1.165) is 28.3 Å². The van der Waals surface area contributed by atoms with Gasteiger partial charge in [-0.15, -0.1) is 0 Å². The lowest BCUT2D eigenvalue weighted by Crippen LogP contribution is -2.12. The van der Waals surface area contributed by atoms with Crippen LogP contribution in [-0.4, -0.2) is 0 Å². The van der Waals surface area contributed by atoms with Gasteiger partial charge in [0.2, 0.25) is 0 Å². The summed E-state index contributed by atoms with van der Waals surface area (Å²) in [6.45, 7) is 1.91. The zero-order chi connectivity index (χ0) is 11.5. The quantitative estimate of drug-likeness (QED) is 0.885. The maximum absolute atomic E-state index is 6.09. The van der Waals surface area contributed by atoms with Gasteiger partial charge in [-0.25, -0.2) is 0 Å². The Morgan fingerprint density at radius 1 is 1.38 bits per heavy atom. The standard InChI is InChI=1S/C13H14ClNO/c1-9-6-11(8-16-9)13(15)7-10-4-2-3-5-12(10)14/h2-6,8,13H,7,15H2,1H3. The predicted molar refractivity (Wildman–Crippen MR) is 65.5 cm³/mol. The van der Waals surface area contributed by atoms with E-state index in [4.69, 9.17) is 21.8 Å². The van der Waals surface area contributed by atoms with Gasteiger partial charge in [0, 0.05) is 16.6 Å². The Kier molecular flexibility index (Phi) is 3.32. The number of halogens is 1. The molecule has 1 heterocycles. The molecule has 0 fully saturated rings. The lowest BCUT2D eigenvalue weighted by Gasteiger charge is -2.10. The van der Waals surface area contributed by atoms with Gasteiger partial charge < -0.3 is 10.2 Å². The van der Waals surface area contributed by atoms with Crippen molar-refractivity contribution in [1.29, 1.82) is 0 Å². The summed E-state index contributed by atoms with van der Waals surface area (Å²) in [5.41, 5.74) is 8.17. The molecule has 1 aromatic carbocycles. The van der Waals surface area contributed by atoms with Crippen LogP contribution in [-0.2, 0) is 6.42 Å². The molecule has 0 saturated carbocycles. The van der Waals surface area contributed by atoms with E-state index in [0.29, 0.717) is 0 Å². The minimum atomic E-state index is -0.0719. The van der Waals surface area contributed by atoms with Crippen molar-refractivity contribution in [2.75, 3.05) is 0 Å². The Labute approximate surface area is 100 Å². The summed E-state index contributed by atoms with van der Waals surface area (Å²) in [6.07, 6.45) is 2.43. The molecule has 0 radical (unpaired) electrons. The summed E-state index contributed by atoms with van der Waals surface area (Å²) in [7, 11) is 0. The topological polar surface area (TPSA) is 39.2 Å². The predicted octanol–water partition coefficient (Wildman–Crippen LogP) is 3.48. The summed E-state index contributed by atoms with van der Waals surface area (Å²) in [5, 5.41) is 0.762. The zero-order valence-corrected chi connectivity index (χ0v) is 9.87. The number of rotatable bonds is 3. The Balaban J connectivity index is 2.13. The van der Waals surface area contributed by atoms with Crippen molar-refractivity contribution in [3.63, 3.8) is 0 Å². The van der Waals surface area contributed by atoms with E-state index < -0.39 is 0 Å². The molecular weight excluding hydrogens is 222 g/mol. The maximum atomic E-state index is 6.09. The number of benzene rings is 1. The van der Waals surface area contributed by atoms with Gasteiger partial charge >= 0.3 is 0 Å². The third kappa shape index (κ3) is 2.46. The van der Waals surface area contributed by atoms with Crippen LogP contribution in [0, 0.1) is 6.92 Å². The minimum absolute atomic E-state index is 0.0719. The van der Waals surface area contributed by atoms with Crippen molar-refractivity contribution in [2.24, 2.45) is 5.73 Å². The number of aryl methyl sites for hydroxylation is 1. The molecule has 1 atom stereocenters. The van der Waals surface area contributed by atoms with Crippen LogP contribution in [0.25, 0.3) is 0 Å². The molecule has 2 nitrogen and oxygen atoms in total. The van der Waals surface area contributed by atoms with Gasteiger partial charge in [0.15, 0.2) is 0 Å². The summed E-state index contributed by atoms with van der Waals surface area (Å²) < 4.78 is 5.24. The SMILES string of the molecule is Cc1cc(C(N)Cc2ccccc2Cl)co1. The average molecular weight is 236 g/mol. The van der Waals surface area contributed by atoms with Gasteiger partial charge in [0.1, 0.15) is 5.76 Å². The van der Waals surface area contributed by atoms with Crippen molar-refractivity contribution in [1.82, 2.24) is 0 Å². The van der Waals surface area contributed by atoms with E-state index in [1.54, 1.807) is 6.26 Å². The fourth-order valence-corrected chi connectivity index (χ4v) is 1.89. The highest BCUT2D eigenvalue weighted by Gasteiger charge is 2.11. The molecule has 2 rings (SSSR count). The molecule has 0 amide bonds. The van der Waals surface area contributed by atoms with Crippen LogP contribution in [0.15, 0.2) is 41.0 Å². The van der Waals surface area contributed by atoms with Crippen LogP contribution >= 0.6 is 11.6 Å². The van der Waals surface area contributed by atoms with Gasteiger partial charge in [-0.05, 0) is 31.0 Å². The zero-order valence-electron chi connectivity index (χ0n) is 9.11. The fraction of sp³-hybridized carbons (Fsp3) is 0.231. The van der Waals surface area contributed by atoms with Crippen LogP contribution < -0.4 is 5.73 Å². The molecule has 0 spiro atoms. The third-order valence-corrected chi connectivity index (χ3v) is 2.95. The fourth-order valence-electron chi connectivity index (χ4n) is 1.68. The molecule has 1 aromatic heterocycles. The summed E-state index contributed by atoms with van der Waals surface area (Å²) in [6, 6.07) is 9.65. The molecule has 2 aromatic rings. The Bertz CT molecular complexity index is 478. The Morgan fingerprint density at radius 2 is 2.12 bits per heavy atom. The smallest absolute Gasteiger partial charge is 0.101 e. The van der Waals surface area contributed by atoms with Crippen molar-refractivity contribution in [3.05, 3.63) is 58.5 Å². The molecule has 1 unspecified atom stereocenters. The number of nitrogens with two attached hydrogens (primary N) is 1. The average Bonchev–Trinajstić information content (AvgIpc) is 2.68. The van der Waals surface area contributed by atoms with Crippen LogP contribution in [0.4, 0.5) is 0 Å². The number of furan rings is 1. The second kappa shape index (κ2) is 4.73. The molecule has 16 heavy (non-hydrogen) atoms. The summed E-state index contributed by atoms with van der Waals surface area (Å²) >= 11 is 6.08. The second-order valence-electron chi connectivity index (χ2n) is 3.89. The van der Waals surface area contributed by atoms with E-state index in [1.165, 1.54) is 0 Å². The highest BCUT2D eigenvalue weighted by Crippen LogP contribution is 2.22. The van der Waals surface area contributed by atoms with Crippen molar-refractivity contribution in [2.45, 2.75) is 19.4 Å². The normalized spacial score (nSPS) is 12.7. The Hall–Kier alpha value is -1.25.